The Morgan fingerprint density at radius 1 is 1.19 bits per heavy atom. The number of ether oxygens (including phenoxy) is 1. The highest BCUT2D eigenvalue weighted by atomic mass is 32.2. The van der Waals surface area contributed by atoms with E-state index in [4.69, 9.17) is 9.15 Å². The summed E-state index contributed by atoms with van der Waals surface area (Å²) in [5.41, 5.74) is 1.79. The second kappa shape index (κ2) is 8.39. The Bertz CT molecular complexity index is 1280. The summed E-state index contributed by atoms with van der Waals surface area (Å²) in [6.07, 6.45) is 2.68. The Labute approximate surface area is 185 Å². The number of nitrogens with one attached hydrogen (secondary N) is 1. The molecule has 166 valence electrons. The van der Waals surface area contributed by atoms with Gasteiger partial charge in [0.05, 0.1) is 37.1 Å². The van der Waals surface area contributed by atoms with Crippen molar-refractivity contribution < 1.29 is 27.5 Å². The maximum atomic E-state index is 13.1. The third-order valence-corrected chi connectivity index (χ3v) is 5.58. The van der Waals surface area contributed by atoms with Gasteiger partial charge in [0.15, 0.2) is 17.3 Å². The molecule has 0 radical (unpaired) electrons. The first-order chi connectivity index (χ1) is 15.3. The van der Waals surface area contributed by atoms with Gasteiger partial charge in [-0.25, -0.2) is 13.4 Å². The molecule has 2 aromatic carbocycles. The zero-order valence-electron chi connectivity index (χ0n) is 17.3. The monoisotopic (exact) mass is 455 g/mol. The molecule has 32 heavy (non-hydrogen) atoms. The van der Waals surface area contributed by atoms with Gasteiger partial charge in [-0.15, -0.1) is 0 Å². The van der Waals surface area contributed by atoms with Gasteiger partial charge in [0, 0.05) is 17.5 Å². The molecular formula is C22H21N3O6S. The fourth-order valence-corrected chi connectivity index (χ4v) is 4.19. The van der Waals surface area contributed by atoms with Crippen LogP contribution in [-0.2, 0) is 10.0 Å². The van der Waals surface area contributed by atoms with Gasteiger partial charge in [-0.3, -0.25) is 9.52 Å². The molecule has 0 bridgehead atoms. The molecule has 0 spiro atoms. The van der Waals surface area contributed by atoms with E-state index in [0.29, 0.717) is 22.5 Å². The number of aromatic hydroxyl groups is 1. The number of methoxy groups -OCH3 is 1. The topological polar surface area (TPSA) is 121 Å². The van der Waals surface area contributed by atoms with Crippen LogP contribution in [0, 0.1) is 0 Å². The fourth-order valence-electron chi connectivity index (χ4n) is 3.61. The minimum Gasteiger partial charge on any atom is -0.504 e. The fraction of sp³-hybridized carbons (Fsp3) is 0.182. The SMILES string of the molecule is COc1cccc([C@H]2CC(c3ccccc3NS(C)(=O)=O)=NN2C(=O)c2ccco2)c1O. The highest BCUT2D eigenvalue weighted by molar-refractivity contribution is 7.92. The van der Waals surface area contributed by atoms with Crippen LogP contribution in [0.5, 0.6) is 11.5 Å². The first kappa shape index (κ1) is 21.4. The predicted molar refractivity (Wildman–Crippen MR) is 118 cm³/mol. The molecule has 1 aromatic heterocycles. The number of para-hydroxylation sites is 2. The largest absolute Gasteiger partial charge is 0.504 e. The maximum absolute atomic E-state index is 13.1. The van der Waals surface area contributed by atoms with Crippen LogP contribution >= 0.6 is 0 Å². The van der Waals surface area contributed by atoms with Gasteiger partial charge in [-0.05, 0) is 24.3 Å². The number of hydrogen-bond donors (Lipinski definition) is 2. The third kappa shape index (κ3) is 4.17. The number of carbonyl (C=O) groups is 1. The van der Waals surface area contributed by atoms with E-state index in [0.717, 1.165) is 6.26 Å². The summed E-state index contributed by atoms with van der Waals surface area (Å²) in [6, 6.07) is 14.2. The summed E-state index contributed by atoms with van der Waals surface area (Å²) in [5, 5.41) is 16.5. The smallest absolute Gasteiger partial charge is 0.310 e. The van der Waals surface area contributed by atoms with E-state index < -0.39 is 22.0 Å². The number of phenolic OH excluding ortho intramolecular Hbond substituents is 1. The predicted octanol–water partition coefficient (Wildman–Crippen LogP) is 3.36. The molecule has 0 unspecified atom stereocenters. The van der Waals surface area contributed by atoms with Crippen LogP contribution in [0.1, 0.15) is 34.1 Å². The summed E-state index contributed by atoms with van der Waals surface area (Å²) in [6.45, 7) is 0. The van der Waals surface area contributed by atoms with Crippen molar-refractivity contribution in [3.05, 3.63) is 77.7 Å². The van der Waals surface area contributed by atoms with Gasteiger partial charge in [0.1, 0.15) is 0 Å². The molecule has 1 aliphatic heterocycles. The normalized spacial score (nSPS) is 16.0. The molecule has 2 heterocycles. The van der Waals surface area contributed by atoms with Crippen LogP contribution in [0.25, 0.3) is 0 Å². The quantitative estimate of drug-likeness (QED) is 0.588. The van der Waals surface area contributed by atoms with Crippen molar-refractivity contribution in [1.82, 2.24) is 5.01 Å². The molecule has 2 N–H and O–H groups in total. The van der Waals surface area contributed by atoms with Crippen LogP contribution in [0.3, 0.4) is 0 Å². The van der Waals surface area contributed by atoms with Crippen molar-refractivity contribution in [2.24, 2.45) is 5.10 Å². The lowest BCUT2D eigenvalue weighted by Crippen LogP contribution is -2.26. The number of furan rings is 1. The number of hydrogen-bond acceptors (Lipinski definition) is 7. The average molecular weight is 455 g/mol. The van der Waals surface area contributed by atoms with E-state index in [9.17, 15) is 18.3 Å². The Morgan fingerprint density at radius 2 is 1.97 bits per heavy atom. The van der Waals surface area contributed by atoms with Crippen LogP contribution in [0.15, 0.2) is 70.4 Å². The Hall–Kier alpha value is -3.79. The van der Waals surface area contributed by atoms with E-state index in [1.54, 1.807) is 48.5 Å². The molecule has 1 aliphatic rings. The zero-order valence-corrected chi connectivity index (χ0v) is 18.2. The summed E-state index contributed by atoms with van der Waals surface area (Å²) in [7, 11) is -2.09. The van der Waals surface area contributed by atoms with E-state index in [2.05, 4.69) is 9.82 Å². The lowest BCUT2D eigenvalue weighted by atomic mass is 9.96. The van der Waals surface area contributed by atoms with E-state index >= 15 is 0 Å². The molecule has 3 aromatic rings. The van der Waals surface area contributed by atoms with Gasteiger partial charge in [-0.2, -0.15) is 5.10 Å². The standard InChI is InChI=1S/C22H21N3O6S/c1-30-19-10-5-8-15(21(19)26)18-13-17(23-25(18)22(27)20-11-6-12-31-20)14-7-3-4-9-16(14)24-32(2,28)29/h3-12,18,24,26H,13H2,1-2H3/t18-/m1/s1. The Morgan fingerprint density at radius 3 is 2.66 bits per heavy atom. The van der Waals surface area contributed by atoms with Crippen LogP contribution in [0.4, 0.5) is 5.69 Å². The van der Waals surface area contributed by atoms with Crippen molar-refractivity contribution in [3.63, 3.8) is 0 Å². The Kier molecular flexibility index (Phi) is 5.62. The van der Waals surface area contributed by atoms with Gasteiger partial charge in [-0.1, -0.05) is 30.3 Å². The number of benzene rings is 2. The maximum Gasteiger partial charge on any atom is 0.310 e. The molecule has 1 atom stereocenters. The molecule has 10 heteroatoms. The minimum atomic E-state index is -3.53. The summed E-state index contributed by atoms with van der Waals surface area (Å²) >= 11 is 0. The van der Waals surface area contributed by atoms with Crippen LogP contribution < -0.4 is 9.46 Å². The molecule has 0 fully saturated rings. The van der Waals surface area contributed by atoms with Gasteiger partial charge in [0.25, 0.3) is 0 Å². The number of phenols is 1. The summed E-state index contributed by atoms with van der Waals surface area (Å²) < 4.78 is 36.6. The van der Waals surface area contributed by atoms with E-state index in [-0.39, 0.29) is 23.7 Å². The van der Waals surface area contributed by atoms with Crippen molar-refractivity contribution in [2.75, 3.05) is 18.1 Å². The van der Waals surface area contributed by atoms with Gasteiger partial charge < -0.3 is 14.3 Å². The minimum absolute atomic E-state index is 0.0879. The second-order valence-corrected chi connectivity index (χ2v) is 8.96. The van der Waals surface area contributed by atoms with Crippen LogP contribution in [-0.4, -0.2) is 43.5 Å². The number of nitrogens with zero attached hydrogens (tertiary/aromatic N) is 2. The number of sulfonamides is 1. The first-order valence-electron chi connectivity index (χ1n) is 9.66. The second-order valence-electron chi connectivity index (χ2n) is 7.21. The molecule has 0 aliphatic carbocycles. The summed E-state index contributed by atoms with van der Waals surface area (Å²) in [4.78, 5) is 13.1. The van der Waals surface area contributed by atoms with Crippen molar-refractivity contribution in [2.45, 2.75) is 12.5 Å². The van der Waals surface area contributed by atoms with E-state index in [1.807, 2.05) is 0 Å². The molecule has 9 nitrogen and oxygen atoms in total. The molecule has 1 amide bonds. The highest BCUT2D eigenvalue weighted by Gasteiger charge is 2.37. The number of hydrazone groups is 1. The lowest BCUT2D eigenvalue weighted by molar-refractivity contribution is 0.0676. The summed E-state index contributed by atoms with van der Waals surface area (Å²) in [5.74, 6) is -0.243. The molecule has 0 saturated heterocycles. The van der Waals surface area contributed by atoms with Crippen molar-refractivity contribution in [1.29, 1.82) is 0 Å². The van der Waals surface area contributed by atoms with Gasteiger partial charge in [0.2, 0.25) is 10.0 Å². The third-order valence-electron chi connectivity index (χ3n) is 4.99. The molecule has 0 saturated carbocycles. The first-order valence-corrected chi connectivity index (χ1v) is 11.5. The highest BCUT2D eigenvalue weighted by Crippen LogP contribution is 2.42. The number of amides is 1. The van der Waals surface area contributed by atoms with Crippen molar-refractivity contribution >= 4 is 27.3 Å². The van der Waals surface area contributed by atoms with Crippen molar-refractivity contribution in [3.8, 4) is 11.5 Å². The Balaban J connectivity index is 1.80. The molecular weight excluding hydrogens is 434 g/mol. The number of anilines is 1. The van der Waals surface area contributed by atoms with Gasteiger partial charge >= 0.3 is 5.91 Å². The lowest BCUT2D eigenvalue weighted by Gasteiger charge is -2.22. The zero-order chi connectivity index (χ0) is 22.9. The number of carbonyl (C=O) groups excluding carboxylic acids is 1. The van der Waals surface area contributed by atoms with E-state index in [1.165, 1.54) is 24.4 Å². The van der Waals surface area contributed by atoms with Crippen LogP contribution in [0.2, 0.25) is 0 Å². The average Bonchev–Trinajstić information content (AvgIpc) is 3.43. The number of rotatable bonds is 6. The molecule has 4 rings (SSSR count).